The second-order valence-corrected chi connectivity index (χ2v) is 9.13. The molecule has 2 aromatic rings. The molecule has 0 aliphatic carbocycles. The van der Waals surface area contributed by atoms with Gasteiger partial charge in [0.2, 0.25) is 0 Å². The summed E-state index contributed by atoms with van der Waals surface area (Å²) in [6, 6.07) is 10.1. The number of methoxy groups -OCH3 is 2. The Morgan fingerprint density at radius 1 is 1.00 bits per heavy atom. The number of carbonyl (C=O) groups is 1. The molecular weight excluding hydrogens is 406 g/mol. The van der Waals surface area contributed by atoms with Crippen LogP contribution in [0.5, 0.6) is 17.2 Å². The Hall–Kier alpha value is -2.73. The third-order valence-electron chi connectivity index (χ3n) is 7.28. The molecule has 0 aromatic heterocycles. The van der Waals surface area contributed by atoms with Gasteiger partial charge in [-0.2, -0.15) is 0 Å². The zero-order valence-electron chi connectivity index (χ0n) is 18.8. The number of fused-ring (bicyclic) bond motifs is 9. The molecule has 0 radical (unpaired) electrons. The quantitative estimate of drug-likeness (QED) is 0.692. The first kappa shape index (κ1) is 21.1. The number of hydrogen-bond donors (Lipinski definition) is 1. The lowest BCUT2D eigenvalue weighted by Crippen LogP contribution is -2.49. The number of rotatable bonds is 2. The van der Waals surface area contributed by atoms with Crippen LogP contribution in [-0.4, -0.2) is 48.9 Å². The van der Waals surface area contributed by atoms with Crippen LogP contribution in [0, 0.1) is 0 Å². The monoisotopic (exact) mass is 437 g/mol. The minimum Gasteiger partial charge on any atom is -0.507 e. The smallest absolute Gasteiger partial charge is 0.306 e. The fourth-order valence-electron chi connectivity index (χ4n) is 5.72. The molecule has 5 rings (SSSR count). The van der Waals surface area contributed by atoms with E-state index in [0.29, 0.717) is 30.4 Å². The highest BCUT2D eigenvalue weighted by atomic mass is 16.5. The van der Waals surface area contributed by atoms with Crippen molar-refractivity contribution in [1.29, 1.82) is 0 Å². The normalized spacial score (nSPS) is 25.4. The highest BCUT2D eigenvalue weighted by molar-refractivity contribution is 5.77. The van der Waals surface area contributed by atoms with Crippen LogP contribution in [0.2, 0.25) is 0 Å². The van der Waals surface area contributed by atoms with Crippen molar-refractivity contribution in [3.05, 3.63) is 41.5 Å². The summed E-state index contributed by atoms with van der Waals surface area (Å²) in [4.78, 5) is 15.2. The largest absolute Gasteiger partial charge is 0.507 e. The van der Waals surface area contributed by atoms with E-state index in [2.05, 4.69) is 4.90 Å². The van der Waals surface area contributed by atoms with Crippen LogP contribution < -0.4 is 9.47 Å². The summed E-state index contributed by atoms with van der Waals surface area (Å²) in [5.41, 5.74) is 3.80. The molecule has 0 unspecified atom stereocenters. The van der Waals surface area contributed by atoms with Crippen molar-refractivity contribution in [1.82, 2.24) is 4.90 Å². The standard InChI is InChI=1S/C26H31NO5/c1-30-24-14-19-20(15-25(24)31-2)22-13-18(12-17-5-3-4-10-27(17)22)32-26(29)9-7-16-6-8-23(28)21(19)11-16/h6,8,11,14-15,17-18,22,28H,3-5,7,9-10,12-13H2,1-2H3/t17-,18-,22-/m0/s1. The molecule has 3 aliphatic rings. The van der Waals surface area contributed by atoms with E-state index in [4.69, 9.17) is 14.2 Å². The van der Waals surface area contributed by atoms with E-state index in [-0.39, 0.29) is 23.9 Å². The second kappa shape index (κ2) is 8.66. The molecule has 0 saturated carbocycles. The molecule has 32 heavy (non-hydrogen) atoms. The van der Waals surface area contributed by atoms with Crippen molar-refractivity contribution in [2.45, 2.75) is 63.1 Å². The SMILES string of the molecule is COc1cc2c(cc1OC)[C@@H]1C[C@H](C[C@@H]3CCCCN31)OC(=O)CCc1ccc(O)c-2c1. The van der Waals surface area contributed by atoms with E-state index in [0.717, 1.165) is 48.1 Å². The summed E-state index contributed by atoms with van der Waals surface area (Å²) in [5.74, 6) is 1.39. The van der Waals surface area contributed by atoms with Gasteiger partial charge in [-0.25, -0.2) is 0 Å². The predicted molar refractivity (Wildman–Crippen MR) is 121 cm³/mol. The summed E-state index contributed by atoms with van der Waals surface area (Å²) in [6.45, 7) is 1.02. The van der Waals surface area contributed by atoms with Gasteiger partial charge in [-0.1, -0.05) is 12.5 Å². The minimum atomic E-state index is -0.138. The van der Waals surface area contributed by atoms with Gasteiger partial charge in [0.15, 0.2) is 11.5 Å². The summed E-state index contributed by atoms with van der Waals surface area (Å²) in [5, 5.41) is 10.8. The average Bonchev–Trinajstić information content (AvgIpc) is 2.81. The Labute approximate surface area is 189 Å². The van der Waals surface area contributed by atoms with Crippen molar-refractivity contribution < 1.29 is 24.1 Å². The average molecular weight is 438 g/mol. The fourth-order valence-corrected chi connectivity index (χ4v) is 5.72. The van der Waals surface area contributed by atoms with Crippen molar-refractivity contribution >= 4 is 5.97 Å². The summed E-state index contributed by atoms with van der Waals surface area (Å²) in [6.07, 6.45) is 5.95. The van der Waals surface area contributed by atoms with E-state index in [1.807, 2.05) is 24.3 Å². The zero-order chi connectivity index (χ0) is 22.2. The van der Waals surface area contributed by atoms with E-state index >= 15 is 0 Å². The molecule has 3 heterocycles. The van der Waals surface area contributed by atoms with Gasteiger partial charge in [0.05, 0.1) is 14.2 Å². The van der Waals surface area contributed by atoms with Gasteiger partial charge in [-0.3, -0.25) is 9.69 Å². The molecule has 0 spiro atoms. The molecule has 2 aromatic carbocycles. The fraction of sp³-hybridized carbons (Fsp3) is 0.500. The van der Waals surface area contributed by atoms with Crippen LogP contribution in [-0.2, 0) is 16.0 Å². The molecule has 170 valence electrons. The number of nitrogens with zero attached hydrogens (tertiary/aromatic N) is 1. The number of carbonyl (C=O) groups excluding carboxylic acids is 1. The van der Waals surface area contributed by atoms with Crippen molar-refractivity contribution in [2.75, 3.05) is 20.8 Å². The molecule has 6 heteroatoms. The van der Waals surface area contributed by atoms with Crippen LogP contribution >= 0.6 is 0 Å². The Balaban J connectivity index is 1.73. The molecule has 0 amide bonds. The third-order valence-corrected chi connectivity index (χ3v) is 7.28. The van der Waals surface area contributed by atoms with Gasteiger partial charge in [-0.15, -0.1) is 0 Å². The molecule has 3 aliphatic heterocycles. The molecule has 1 N–H and O–H groups in total. The van der Waals surface area contributed by atoms with Gasteiger partial charge in [-0.05, 0) is 66.8 Å². The van der Waals surface area contributed by atoms with Crippen LogP contribution in [0.25, 0.3) is 11.1 Å². The molecule has 2 fully saturated rings. The van der Waals surface area contributed by atoms with Crippen molar-refractivity contribution in [3.63, 3.8) is 0 Å². The number of phenols is 1. The van der Waals surface area contributed by atoms with Crippen LogP contribution in [0.3, 0.4) is 0 Å². The highest BCUT2D eigenvalue weighted by Crippen LogP contribution is 2.47. The summed E-state index contributed by atoms with van der Waals surface area (Å²) < 4.78 is 17.3. The van der Waals surface area contributed by atoms with Gasteiger partial charge >= 0.3 is 5.97 Å². The number of esters is 1. The maximum atomic E-state index is 12.6. The second-order valence-electron chi connectivity index (χ2n) is 9.13. The number of aryl methyl sites for hydroxylation is 1. The number of hydrogen-bond acceptors (Lipinski definition) is 6. The summed E-state index contributed by atoms with van der Waals surface area (Å²) >= 11 is 0. The first-order valence-corrected chi connectivity index (χ1v) is 11.6. The summed E-state index contributed by atoms with van der Waals surface area (Å²) in [7, 11) is 3.28. The molecular formula is C26H31NO5. The van der Waals surface area contributed by atoms with Crippen molar-refractivity contribution in [3.8, 4) is 28.4 Å². The number of aromatic hydroxyl groups is 1. The Bertz CT molecular complexity index is 1020. The topological polar surface area (TPSA) is 68.2 Å². The van der Waals surface area contributed by atoms with E-state index < -0.39 is 0 Å². The first-order valence-electron chi connectivity index (χ1n) is 11.6. The molecule has 6 nitrogen and oxygen atoms in total. The van der Waals surface area contributed by atoms with Crippen molar-refractivity contribution in [2.24, 2.45) is 0 Å². The van der Waals surface area contributed by atoms with Crippen LogP contribution in [0.4, 0.5) is 0 Å². The maximum absolute atomic E-state index is 12.6. The van der Waals surface area contributed by atoms with Crippen LogP contribution in [0.1, 0.15) is 55.7 Å². The van der Waals surface area contributed by atoms with Gasteiger partial charge in [0, 0.05) is 36.9 Å². The number of piperidine rings is 2. The Morgan fingerprint density at radius 2 is 1.81 bits per heavy atom. The third kappa shape index (κ3) is 3.81. The predicted octanol–water partition coefficient (Wildman–Crippen LogP) is 4.62. The number of phenolic OH excluding ortho intramolecular Hbond substituents is 1. The Morgan fingerprint density at radius 3 is 2.62 bits per heavy atom. The number of ether oxygens (including phenoxy) is 3. The molecule has 2 saturated heterocycles. The zero-order valence-corrected chi connectivity index (χ0v) is 18.8. The van der Waals surface area contributed by atoms with Gasteiger partial charge in [0.25, 0.3) is 0 Å². The van der Waals surface area contributed by atoms with E-state index in [1.165, 1.54) is 12.8 Å². The lowest BCUT2D eigenvalue weighted by molar-refractivity contribution is -0.154. The van der Waals surface area contributed by atoms with Gasteiger partial charge in [0.1, 0.15) is 11.9 Å². The number of benzene rings is 2. The molecule has 4 bridgehead atoms. The molecule has 3 atom stereocenters. The highest BCUT2D eigenvalue weighted by Gasteiger charge is 2.40. The lowest BCUT2D eigenvalue weighted by atomic mass is 9.81. The first-order chi connectivity index (χ1) is 15.6. The van der Waals surface area contributed by atoms with E-state index in [9.17, 15) is 9.90 Å². The Kier molecular flexibility index (Phi) is 5.72. The lowest BCUT2D eigenvalue weighted by Gasteiger charge is -2.48. The van der Waals surface area contributed by atoms with Gasteiger partial charge < -0.3 is 19.3 Å². The maximum Gasteiger partial charge on any atom is 0.306 e. The minimum absolute atomic E-state index is 0.0733. The van der Waals surface area contributed by atoms with Crippen LogP contribution in [0.15, 0.2) is 30.3 Å². The van der Waals surface area contributed by atoms with E-state index in [1.54, 1.807) is 20.3 Å².